The van der Waals surface area contributed by atoms with Crippen LogP contribution in [0.4, 0.5) is 0 Å². The van der Waals surface area contributed by atoms with Gasteiger partial charge in [-0.2, -0.15) is 0 Å². The highest BCUT2D eigenvalue weighted by Crippen LogP contribution is 2.03. The number of amides is 1. The van der Waals surface area contributed by atoms with Gasteiger partial charge in [0.15, 0.2) is 0 Å². The molecule has 0 saturated carbocycles. The summed E-state index contributed by atoms with van der Waals surface area (Å²) in [5.74, 6) is 0.322. The second kappa shape index (κ2) is 7.19. The summed E-state index contributed by atoms with van der Waals surface area (Å²) in [4.78, 5) is 10.9. The average molecular weight is 254 g/mol. The zero-order valence-corrected chi connectivity index (χ0v) is 10.8. The van der Waals surface area contributed by atoms with E-state index in [1.165, 1.54) is 0 Å². The maximum atomic E-state index is 10.9. The molecule has 0 aliphatic heterocycles. The van der Waals surface area contributed by atoms with Crippen molar-refractivity contribution in [1.29, 1.82) is 0 Å². The van der Waals surface area contributed by atoms with Crippen LogP contribution in [0.2, 0.25) is 0 Å². The molecule has 0 bridgehead atoms. The van der Waals surface area contributed by atoms with Crippen LogP contribution in [0.3, 0.4) is 0 Å². The van der Waals surface area contributed by atoms with Gasteiger partial charge < -0.3 is 11.1 Å². The normalized spacial score (nSPS) is 12.3. The average Bonchev–Trinajstić information content (AvgIpc) is 2.29. The maximum absolute atomic E-state index is 10.9. The number of benzene rings is 1. The Morgan fingerprint density at radius 2 is 2.00 bits per heavy atom. The van der Waals surface area contributed by atoms with Gasteiger partial charge in [0.25, 0.3) is 0 Å². The molecule has 0 heterocycles. The Morgan fingerprint density at radius 3 is 2.53 bits per heavy atom. The molecule has 0 aromatic heterocycles. The van der Waals surface area contributed by atoms with Crippen LogP contribution in [0.1, 0.15) is 22.3 Å². The molecule has 0 aliphatic rings. The van der Waals surface area contributed by atoms with E-state index in [9.17, 15) is 9.00 Å². The number of hydrogen-bond donors (Lipinski definition) is 2. The molecule has 1 aromatic carbocycles. The van der Waals surface area contributed by atoms with E-state index in [0.717, 1.165) is 30.8 Å². The third kappa shape index (κ3) is 5.60. The van der Waals surface area contributed by atoms with Gasteiger partial charge in [0, 0.05) is 34.9 Å². The highest BCUT2D eigenvalue weighted by Gasteiger charge is 1.99. The number of primary amides is 1. The van der Waals surface area contributed by atoms with Crippen LogP contribution in [0.15, 0.2) is 24.3 Å². The molecule has 0 radical (unpaired) electrons. The Balaban J connectivity index is 2.27. The first kappa shape index (κ1) is 13.9. The summed E-state index contributed by atoms with van der Waals surface area (Å²) in [7, 11) is -0.713. The minimum atomic E-state index is -0.713. The molecule has 1 atom stereocenters. The fraction of sp³-hybridized carbons (Fsp3) is 0.417. The van der Waals surface area contributed by atoms with E-state index in [1.54, 1.807) is 18.4 Å². The summed E-state index contributed by atoms with van der Waals surface area (Å²) in [6, 6.07) is 7.21. The molecule has 1 amide bonds. The van der Waals surface area contributed by atoms with Crippen molar-refractivity contribution < 1.29 is 9.00 Å². The van der Waals surface area contributed by atoms with Crippen LogP contribution in [0, 0.1) is 0 Å². The van der Waals surface area contributed by atoms with Crippen LogP contribution < -0.4 is 11.1 Å². The lowest BCUT2D eigenvalue weighted by atomic mass is 10.1. The lowest BCUT2D eigenvalue weighted by molar-refractivity contribution is 0.100. The zero-order chi connectivity index (χ0) is 12.7. The van der Waals surface area contributed by atoms with Crippen molar-refractivity contribution in [3.05, 3.63) is 35.4 Å². The molecule has 17 heavy (non-hydrogen) atoms. The minimum absolute atomic E-state index is 0.407. The van der Waals surface area contributed by atoms with E-state index in [1.807, 2.05) is 12.1 Å². The number of nitrogens with one attached hydrogen (secondary N) is 1. The van der Waals surface area contributed by atoms with Gasteiger partial charge in [-0.1, -0.05) is 12.1 Å². The van der Waals surface area contributed by atoms with Crippen LogP contribution in [-0.4, -0.2) is 28.7 Å². The van der Waals surface area contributed by atoms with Crippen molar-refractivity contribution in [2.24, 2.45) is 5.73 Å². The molecular formula is C12H18N2O2S. The lowest BCUT2D eigenvalue weighted by Gasteiger charge is -2.04. The summed E-state index contributed by atoms with van der Waals surface area (Å²) in [6.45, 7) is 1.59. The first-order valence-corrected chi connectivity index (χ1v) is 7.22. The first-order chi connectivity index (χ1) is 8.09. The Bertz CT molecular complexity index is 390. The molecule has 5 heteroatoms. The molecule has 4 nitrogen and oxygen atoms in total. The third-order valence-corrected chi connectivity index (χ3v) is 3.22. The standard InChI is InChI=1S/C12H18N2O2S/c1-17(16)8-2-7-14-9-10-3-5-11(6-4-10)12(13)15/h3-6,14H,2,7-9H2,1H3,(H2,13,15). The van der Waals surface area contributed by atoms with Crippen LogP contribution in [0.5, 0.6) is 0 Å². The molecule has 1 aromatic rings. The number of carbonyl (C=O) groups excluding carboxylic acids is 1. The highest BCUT2D eigenvalue weighted by molar-refractivity contribution is 7.84. The Hall–Kier alpha value is -1.20. The van der Waals surface area contributed by atoms with E-state index in [4.69, 9.17) is 5.73 Å². The fourth-order valence-corrected chi connectivity index (χ4v) is 1.97. The minimum Gasteiger partial charge on any atom is -0.366 e. The number of carbonyl (C=O) groups is 1. The predicted molar refractivity (Wildman–Crippen MR) is 70.2 cm³/mol. The van der Waals surface area contributed by atoms with Gasteiger partial charge in [0.2, 0.25) is 5.91 Å². The first-order valence-electron chi connectivity index (χ1n) is 5.49. The van der Waals surface area contributed by atoms with Crippen LogP contribution in [0.25, 0.3) is 0 Å². The summed E-state index contributed by atoms with van der Waals surface area (Å²) < 4.78 is 10.8. The molecular weight excluding hydrogens is 236 g/mol. The Labute approximate surface area is 104 Å². The highest BCUT2D eigenvalue weighted by atomic mass is 32.2. The van der Waals surface area contributed by atoms with E-state index >= 15 is 0 Å². The zero-order valence-electron chi connectivity index (χ0n) is 9.94. The van der Waals surface area contributed by atoms with E-state index in [-0.39, 0.29) is 0 Å². The fourth-order valence-electron chi connectivity index (χ4n) is 1.42. The quantitative estimate of drug-likeness (QED) is 0.702. The van der Waals surface area contributed by atoms with Crippen molar-refractivity contribution >= 4 is 16.7 Å². The van der Waals surface area contributed by atoms with Crippen molar-refractivity contribution in [2.75, 3.05) is 18.6 Å². The maximum Gasteiger partial charge on any atom is 0.248 e. The predicted octanol–water partition coefficient (Wildman–Crippen LogP) is 0.644. The SMILES string of the molecule is CS(=O)CCCNCc1ccc(C(N)=O)cc1. The Morgan fingerprint density at radius 1 is 1.35 bits per heavy atom. The van der Waals surface area contributed by atoms with Crippen molar-refractivity contribution in [2.45, 2.75) is 13.0 Å². The number of nitrogens with two attached hydrogens (primary N) is 1. The van der Waals surface area contributed by atoms with Crippen molar-refractivity contribution in [3.8, 4) is 0 Å². The molecule has 0 saturated heterocycles. The van der Waals surface area contributed by atoms with Gasteiger partial charge in [-0.05, 0) is 30.7 Å². The van der Waals surface area contributed by atoms with E-state index in [0.29, 0.717) is 5.56 Å². The summed E-state index contributed by atoms with van der Waals surface area (Å²) in [6.07, 6.45) is 2.62. The molecule has 3 N–H and O–H groups in total. The van der Waals surface area contributed by atoms with Gasteiger partial charge in [0.05, 0.1) is 0 Å². The van der Waals surface area contributed by atoms with Gasteiger partial charge in [-0.15, -0.1) is 0 Å². The molecule has 94 valence electrons. The van der Waals surface area contributed by atoms with Gasteiger partial charge >= 0.3 is 0 Å². The third-order valence-electron chi connectivity index (χ3n) is 2.35. The molecule has 0 spiro atoms. The summed E-state index contributed by atoms with van der Waals surface area (Å²) >= 11 is 0. The van der Waals surface area contributed by atoms with Gasteiger partial charge in [-0.25, -0.2) is 0 Å². The molecule has 1 rings (SSSR count). The van der Waals surface area contributed by atoms with Gasteiger partial charge in [0.1, 0.15) is 0 Å². The molecule has 0 aliphatic carbocycles. The van der Waals surface area contributed by atoms with Crippen molar-refractivity contribution in [1.82, 2.24) is 5.32 Å². The molecule has 0 fully saturated rings. The summed E-state index contributed by atoms with van der Waals surface area (Å²) in [5.41, 5.74) is 6.78. The van der Waals surface area contributed by atoms with Crippen molar-refractivity contribution in [3.63, 3.8) is 0 Å². The summed E-state index contributed by atoms with van der Waals surface area (Å²) in [5, 5.41) is 3.26. The van der Waals surface area contributed by atoms with E-state index < -0.39 is 16.7 Å². The number of hydrogen-bond acceptors (Lipinski definition) is 3. The molecule has 1 unspecified atom stereocenters. The van der Waals surface area contributed by atoms with Crippen LogP contribution in [-0.2, 0) is 17.3 Å². The number of rotatable bonds is 7. The monoisotopic (exact) mass is 254 g/mol. The topological polar surface area (TPSA) is 72.2 Å². The lowest BCUT2D eigenvalue weighted by Crippen LogP contribution is -2.17. The second-order valence-corrected chi connectivity index (χ2v) is 5.42. The van der Waals surface area contributed by atoms with E-state index in [2.05, 4.69) is 5.32 Å². The van der Waals surface area contributed by atoms with Crippen LogP contribution >= 0.6 is 0 Å². The Kier molecular flexibility index (Phi) is 5.86. The van der Waals surface area contributed by atoms with Gasteiger partial charge in [-0.3, -0.25) is 9.00 Å². The second-order valence-electron chi connectivity index (χ2n) is 3.87. The largest absolute Gasteiger partial charge is 0.366 e. The smallest absolute Gasteiger partial charge is 0.248 e.